The Labute approximate surface area is 106 Å². The highest BCUT2D eigenvalue weighted by Crippen LogP contribution is 2.08. The van der Waals surface area contributed by atoms with Crippen molar-refractivity contribution in [2.24, 2.45) is 0 Å². The molecule has 0 bridgehead atoms. The molecule has 0 aliphatic carbocycles. The molecule has 1 aromatic rings. The average Bonchev–Trinajstić information content (AvgIpc) is 2.40. The monoisotopic (exact) mass is 248 g/mol. The van der Waals surface area contributed by atoms with Crippen LogP contribution in [0.25, 0.3) is 0 Å². The molecular weight excluding hydrogens is 232 g/mol. The molecule has 0 radical (unpaired) electrons. The van der Waals surface area contributed by atoms with Crippen molar-refractivity contribution >= 4 is 11.9 Å². The van der Waals surface area contributed by atoms with Crippen LogP contribution in [0, 0.1) is 6.92 Å². The smallest absolute Gasteiger partial charge is 0.344 e. The molecule has 0 atom stereocenters. The summed E-state index contributed by atoms with van der Waals surface area (Å²) in [5, 5.41) is 0. The maximum Gasteiger partial charge on any atom is 0.344 e. The van der Waals surface area contributed by atoms with Crippen molar-refractivity contribution in [3.8, 4) is 0 Å². The summed E-state index contributed by atoms with van der Waals surface area (Å²) in [6.07, 6.45) is 1.99. The highest BCUT2D eigenvalue weighted by atomic mass is 16.5. The van der Waals surface area contributed by atoms with Crippen LogP contribution in [-0.4, -0.2) is 26.2 Å². The van der Waals surface area contributed by atoms with Gasteiger partial charge in [0.1, 0.15) is 5.57 Å². The predicted molar refractivity (Wildman–Crippen MR) is 67.0 cm³/mol. The molecule has 0 N–H and O–H groups in total. The lowest BCUT2D eigenvalue weighted by atomic mass is 10.1. The third-order valence-electron chi connectivity index (χ3n) is 2.47. The number of aryl methyl sites for hydroxylation is 1. The molecule has 0 aliphatic rings. The summed E-state index contributed by atoms with van der Waals surface area (Å²) in [5.74, 6) is -1.37. The number of benzene rings is 1. The molecule has 0 spiro atoms. The van der Waals surface area contributed by atoms with E-state index in [-0.39, 0.29) is 5.57 Å². The van der Waals surface area contributed by atoms with Crippen LogP contribution >= 0.6 is 0 Å². The van der Waals surface area contributed by atoms with Crippen LogP contribution in [0.4, 0.5) is 0 Å². The molecule has 4 nitrogen and oxygen atoms in total. The molecule has 0 fully saturated rings. The molecule has 0 heterocycles. The van der Waals surface area contributed by atoms with Crippen molar-refractivity contribution in [1.82, 2.24) is 0 Å². The molecule has 0 amide bonds. The van der Waals surface area contributed by atoms with Gasteiger partial charge >= 0.3 is 11.9 Å². The zero-order valence-corrected chi connectivity index (χ0v) is 10.7. The van der Waals surface area contributed by atoms with Gasteiger partial charge in [-0.25, -0.2) is 9.59 Å². The number of hydrogen-bond acceptors (Lipinski definition) is 4. The van der Waals surface area contributed by atoms with Gasteiger partial charge < -0.3 is 9.47 Å². The second-order valence-corrected chi connectivity index (χ2v) is 3.79. The topological polar surface area (TPSA) is 52.6 Å². The first kappa shape index (κ1) is 14.0. The molecule has 0 aromatic heterocycles. The van der Waals surface area contributed by atoms with Gasteiger partial charge in [-0.1, -0.05) is 35.9 Å². The van der Waals surface area contributed by atoms with Crippen molar-refractivity contribution in [3.05, 3.63) is 47.0 Å². The number of methoxy groups -OCH3 is 2. The minimum atomic E-state index is -0.686. The largest absolute Gasteiger partial charge is 0.465 e. The van der Waals surface area contributed by atoms with E-state index in [4.69, 9.17) is 0 Å². The van der Waals surface area contributed by atoms with Crippen LogP contribution in [0.3, 0.4) is 0 Å². The highest BCUT2D eigenvalue weighted by molar-refractivity contribution is 6.13. The van der Waals surface area contributed by atoms with Gasteiger partial charge in [0.2, 0.25) is 0 Å². The summed E-state index contributed by atoms with van der Waals surface area (Å²) < 4.78 is 9.07. The Balaban J connectivity index is 2.86. The van der Waals surface area contributed by atoms with E-state index in [1.807, 2.05) is 31.2 Å². The average molecular weight is 248 g/mol. The third kappa shape index (κ3) is 3.73. The van der Waals surface area contributed by atoms with Gasteiger partial charge in [0.05, 0.1) is 14.2 Å². The lowest BCUT2D eigenvalue weighted by Gasteiger charge is -2.03. The number of carbonyl (C=O) groups is 2. The maximum absolute atomic E-state index is 11.4. The second kappa shape index (κ2) is 6.59. The molecule has 96 valence electrons. The van der Waals surface area contributed by atoms with Gasteiger partial charge in [-0.2, -0.15) is 0 Å². The van der Waals surface area contributed by atoms with Gasteiger partial charge in [-0.05, 0) is 18.9 Å². The Morgan fingerprint density at radius 2 is 1.56 bits per heavy atom. The van der Waals surface area contributed by atoms with Crippen LogP contribution in [-0.2, 0) is 25.5 Å². The van der Waals surface area contributed by atoms with Gasteiger partial charge in [-0.15, -0.1) is 0 Å². The van der Waals surface area contributed by atoms with E-state index in [0.717, 1.165) is 11.1 Å². The van der Waals surface area contributed by atoms with Crippen LogP contribution in [0.15, 0.2) is 35.9 Å². The van der Waals surface area contributed by atoms with Gasteiger partial charge in [-0.3, -0.25) is 0 Å². The van der Waals surface area contributed by atoms with Crippen LogP contribution < -0.4 is 0 Å². The zero-order valence-electron chi connectivity index (χ0n) is 10.7. The number of allylic oxidation sites excluding steroid dienone is 1. The zero-order chi connectivity index (χ0) is 13.5. The number of rotatable bonds is 4. The van der Waals surface area contributed by atoms with E-state index < -0.39 is 11.9 Å². The van der Waals surface area contributed by atoms with E-state index in [9.17, 15) is 9.59 Å². The molecule has 18 heavy (non-hydrogen) atoms. The number of ether oxygens (including phenoxy) is 2. The van der Waals surface area contributed by atoms with E-state index in [2.05, 4.69) is 9.47 Å². The molecule has 0 saturated heterocycles. The van der Waals surface area contributed by atoms with Gasteiger partial charge in [0.15, 0.2) is 0 Å². The SMILES string of the molecule is COC(=O)C(=CCc1ccc(C)cc1)C(=O)OC. The van der Waals surface area contributed by atoms with Crippen molar-refractivity contribution in [2.75, 3.05) is 14.2 Å². The molecule has 0 saturated carbocycles. The minimum absolute atomic E-state index is 0.0828. The third-order valence-corrected chi connectivity index (χ3v) is 2.47. The van der Waals surface area contributed by atoms with Crippen LogP contribution in [0.2, 0.25) is 0 Å². The van der Waals surface area contributed by atoms with Crippen molar-refractivity contribution in [2.45, 2.75) is 13.3 Å². The van der Waals surface area contributed by atoms with E-state index >= 15 is 0 Å². The Morgan fingerprint density at radius 1 is 1.06 bits per heavy atom. The van der Waals surface area contributed by atoms with E-state index in [1.54, 1.807) is 0 Å². The Hall–Kier alpha value is -2.10. The molecular formula is C14H16O4. The fourth-order valence-electron chi connectivity index (χ4n) is 1.41. The van der Waals surface area contributed by atoms with Crippen molar-refractivity contribution < 1.29 is 19.1 Å². The fraction of sp³-hybridized carbons (Fsp3) is 0.286. The maximum atomic E-state index is 11.4. The lowest BCUT2D eigenvalue weighted by molar-refractivity contribution is -0.144. The van der Waals surface area contributed by atoms with Crippen molar-refractivity contribution in [1.29, 1.82) is 0 Å². The summed E-state index contributed by atoms with van der Waals surface area (Å²) >= 11 is 0. The second-order valence-electron chi connectivity index (χ2n) is 3.79. The van der Waals surface area contributed by atoms with Gasteiger partial charge in [0, 0.05) is 0 Å². The molecule has 0 unspecified atom stereocenters. The first-order valence-electron chi connectivity index (χ1n) is 5.50. The van der Waals surface area contributed by atoms with Crippen LogP contribution in [0.1, 0.15) is 11.1 Å². The lowest BCUT2D eigenvalue weighted by Crippen LogP contribution is -2.16. The normalized spacial score (nSPS) is 9.50. The summed E-state index contributed by atoms with van der Waals surface area (Å²) in [4.78, 5) is 22.8. The molecule has 1 aromatic carbocycles. The quantitative estimate of drug-likeness (QED) is 0.353. The van der Waals surface area contributed by atoms with E-state index in [1.165, 1.54) is 20.3 Å². The number of esters is 2. The Morgan fingerprint density at radius 3 is 2.00 bits per heavy atom. The molecule has 4 heteroatoms. The molecule has 1 rings (SSSR count). The van der Waals surface area contributed by atoms with Crippen molar-refractivity contribution in [3.63, 3.8) is 0 Å². The number of carbonyl (C=O) groups excluding carboxylic acids is 2. The minimum Gasteiger partial charge on any atom is -0.465 e. The first-order valence-corrected chi connectivity index (χ1v) is 5.50. The Bertz CT molecular complexity index is 439. The summed E-state index contributed by atoms with van der Waals surface area (Å²) in [6.45, 7) is 1.99. The molecule has 0 aliphatic heterocycles. The summed E-state index contributed by atoms with van der Waals surface area (Å²) in [6, 6.07) is 7.83. The standard InChI is InChI=1S/C14H16O4/c1-10-4-6-11(7-5-10)8-9-12(13(15)17-2)14(16)18-3/h4-7,9H,8H2,1-3H3. The highest BCUT2D eigenvalue weighted by Gasteiger charge is 2.18. The van der Waals surface area contributed by atoms with Gasteiger partial charge in [0.25, 0.3) is 0 Å². The fourth-order valence-corrected chi connectivity index (χ4v) is 1.41. The Kier molecular flexibility index (Phi) is 5.11. The number of hydrogen-bond donors (Lipinski definition) is 0. The van der Waals surface area contributed by atoms with Crippen LogP contribution in [0.5, 0.6) is 0 Å². The summed E-state index contributed by atoms with van der Waals surface area (Å²) in [7, 11) is 2.45. The predicted octanol–water partition coefficient (Wildman–Crippen LogP) is 1.81. The summed E-state index contributed by atoms with van der Waals surface area (Å²) in [5.41, 5.74) is 2.08. The first-order chi connectivity index (χ1) is 8.58. The van der Waals surface area contributed by atoms with E-state index in [0.29, 0.717) is 6.42 Å².